The number of nitriles is 1. The lowest BCUT2D eigenvalue weighted by molar-refractivity contribution is -0.0579. The summed E-state index contributed by atoms with van der Waals surface area (Å²) in [5.74, 6) is 0.290. The second-order valence-corrected chi connectivity index (χ2v) is 21.0. The molecule has 2 aliphatic carbocycles. The smallest absolute Gasteiger partial charge is 0.192 e. The molecule has 41 heavy (non-hydrogen) atoms. The summed E-state index contributed by atoms with van der Waals surface area (Å²) in [4.78, 5) is 5.54. The number of hydrogen-bond donors (Lipinski definition) is 0. The van der Waals surface area contributed by atoms with Gasteiger partial charge in [-0.1, -0.05) is 85.6 Å². The molecule has 5 heteroatoms. The van der Waals surface area contributed by atoms with Gasteiger partial charge in [0, 0.05) is 22.5 Å². The van der Waals surface area contributed by atoms with Gasteiger partial charge < -0.3 is 9.16 Å². The van der Waals surface area contributed by atoms with Crippen LogP contribution < -0.4 is 0 Å². The number of ether oxygens (including phenoxy) is 1. The van der Waals surface area contributed by atoms with Crippen LogP contribution in [-0.4, -0.2) is 13.3 Å². The summed E-state index contributed by atoms with van der Waals surface area (Å²) in [6, 6.07) is 11.1. The predicted molar refractivity (Wildman–Crippen MR) is 170 cm³/mol. The molecular formula is C36H52N2O2Si. The number of aromatic nitrogens is 1. The molecular weight excluding hydrogens is 520 g/mol. The van der Waals surface area contributed by atoms with E-state index in [1.807, 2.05) is 13.8 Å². The predicted octanol–water partition coefficient (Wildman–Crippen LogP) is 9.93. The van der Waals surface area contributed by atoms with E-state index < -0.39 is 13.7 Å². The third-order valence-corrected chi connectivity index (χ3v) is 15.1. The molecule has 0 radical (unpaired) electrons. The Bertz CT molecular complexity index is 1350. The Kier molecular flexibility index (Phi) is 7.45. The van der Waals surface area contributed by atoms with Gasteiger partial charge >= 0.3 is 0 Å². The minimum atomic E-state index is -2.05. The van der Waals surface area contributed by atoms with E-state index in [0.717, 1.165) is 36.8 Å². The van der Waals surface area contributed by atoms with Crippen LogP contribution in [-0.2, 0) is 26.6 Å². The number of fused-ring (bicyclic) bond motifs is 4. The number of pyridine rings is 1. The van der Waals surface area contributed by atoms with E-state index in [0.29, 0.717) is 5.92 Å². The number of rotatable bonds is 5. The molecule has 1 unspecified atom stereocenters. The maximum Gasteiger partial charge on any atom is 0.192 e. The molecule has 2 aromatic rings. The van der Waals surface area contributed by atoms with Crippen molar-refractivity contribution in [1.29, 1.82) is 5.26 Å². The van der Waals surface area contributed by atoms with Gasteiger partial charge in [-0.2, -0.15) is 5.26 Å². The van der Waals surface area contributed by atoms with E-state index in [-0.39, 0.29) is 28.3 Å². The topological polar surface area (TPSA) is 55.1 Å². The SMILES string of the molecule is CC(C)c1nc2c(c3c1[C@H](c1ccc(C(C)(C)C#N)cc1)OC31CCCC1)C(O[Si](C)(C)C(C)(C)C)CC(C)(C)C2. The van der Waals surface area contributed by atoms with Crippen molar-refractivity contribution in [3.8, 4) is 6.07 Å². The normalized spacial score (nSPS) is 23.5. The van der Waals surface area contributed by atoms with Crippen molar-refractivity contribution in [3.63, 3.8) is 0 Å². The molecule has 222 valence electrons. The molecule has 0 saturated heterocycles. The van der Waals surface area contributed by atoms with E-state index in [4.69, 9.17) is 14.1 Å². The monoisotopic (exact) mass is 572 g/mol. The maximum atomic E-state index is 9.71. The summed E-state index contributed by atoms with van der Waals surface area (Å²) in [6.45, 7) is 25.1. The fraction of sp³-hybridized carbons (Fsp3) is 0.667. The molecule has 4 nitrogen and oxygen atoms in total. The Labute approximate surface area is 250 Å². The molecule has 1 aliphatic heterocycles. The molecule has 1 aromatic carbocycles. The summed E-state index contributed by atoms with van der Waals surface area (Å²) < 4.78 is 14.7. The van der Waals surface area contributed by atoms with Crippen molar-refractivity contribution in [2.24, 2.45) is 5.41 Å². The maximum absolute atomic E-state index is 9.71. The molecule has 5 rings (SSSR count). The fourth-order valence-corrected chi connectivity index (χ4v) is 8.42. The first-order valence-electron chi connectivity index (χ1n) is 15.9. The second-order valence-electron chi connectivity index (χ2n) is 16.3. The van der Waals surface area contributed by atoms with E-state index in [1.54, 1.807) is 0 Å². The van der Waals surface area contributed by atoms with Gasteiger partial charge in [-0.25, -0.2) is 0 Å². The molecule has 0 N–H and O–H groups in total. The van der Waals surface area contributed by atoms with Gasteiger partial charge in [0.05, 0.1) is 23.2 Å². The summed E-state index contributed by atoms with van der Waals surface area (Å²) in [5, 5.41) is 9.84. The minimum Gasteiger partial charge on any atom is -0.410 e. The third-order valence-electron chi connectivity index (χ3n) is 10.6. The molecule has 1 fully saturated rings. The van der Waals surface area contributed by atoms with Crippen LogP contribution in [0.4, 0.5) is 0 Å². The van der Waals surface area contributed by atoms with Crippen molar-refractivity contribution in [2.45, 2.75) is 148 Å². The Balaban J connectivity index is 1.74. The van der Waals surface area contributed by atoms with Crippen molar-refractivity contribution in [2.75, 3.05) is 0 Å². The van der Waals surface area contributed by atoms with Crippen molar-refractivity contribution < 1.29 is 9.16 Å². The van der Waals surface area contributed by atoms with Gasteiger partial charge in [0.25, 0.3) is 0 Å². The summed E-state index contributed by atoms with van der Waals surface area (Å²) >= 11 is 0. The molecule has 2 atom stereocenters. The third kappa shape index (κ3) is 5.23. The molecule has 1 aromatic heterocycles. The van der Waals surface area contributed by atoms with Gasteiger partial charge in [0.15, 0.2) is 8.32 Å². The highest BCUT2D eigenvalue weighted by Gasteiger charge is 2.54. The summed E-state index contributed by atoms with van der Waals surface area (Å²) in [5.41, 5.74) is 8.05. The van der Waals surface area contributed by atoms with Gasteiger partial charge in [0.1, 0.15) is 6.10 Å². The first-order valence-corrected chi connectivity index (χ1v) is 18.8. The van der Waals surface area contributed by atoms with Gasteiger partial charge in [-0.05, 0) is 85.7 Å². The van der Waals surface area contributed by atoms with Crippen molar-refractivity contribution in [1.82, 2.24) is 4.98 Å². The fourth-order valence-electron chi connectivity index (χ4n) is 7.15. The van der Waals surface area contributed by atoms with Crippen LogP contribution in [0.5, 0.6) is 0 Å². The van der Waals surface area contributed by atoms with Crippen LogP contribution in [0, 0.1) is 16.7 Å². The largest absolute Gasteiger partial charge is 0.410 e. The minimum absolute atomic E-state index is 0.0377. The van der Waals surface area contributed by atoms with E-state index in [9.17, 15) is 5.26 Å². The van der Waals surface area contributed by atoms with Crippen LogP contribution in [0.3, 0.4) is 0 Å². The molecule has 2 heterocycles. The average Bonchev–Trinajstić information content (AvgIpc) is 3.47. The first kappa shape index (κ1) is 30.5. The second kappa shape index (κ2) is 10.0. The lowest BCUT2D eigenvalue weighted by Crippen LogP contribution is -2.44. The van der Waals surface area contributed by atoms with Gasteiger partial charge in [-0.15, -0.1) is 0 Å². The van der Waals surface area contributed by atoms with Crippen LogP contribution in [0.15, 0.2) is 24.3 Å². The van der Waals surface area contributed by atoms with Crippen molar-refractivity contribution in [3.05, 3.63) is 63.5 Å². The Hall–Kier alpha value is -2.00. The molecule has 0 bridgehead atoms. The highest BCUT2D eigenvalue weighted by atomic mass is 28.4. The van der Waals surface area contributed by atoms with Gasteiger partial charge in [0.2, 0.25) is 0 Å². The zero-order valence-electron chi connectivity index (χ0n) is 27.5. The summed E-state index contributed by atoms with van der Waals surface area (Å²) in [6.07, 6.45) is 6.37. The Morgan fingerprint density at radius 1 is 1.02 bits per heavy atom. The molecule has 1 saturated carbocycles. The number of benzene rings is 1. The van der Waals surface area contributed by atoms with Crippen LogP contribution in [0.2, 0.25) is 18.1 Å². The first-order chi connectivity index (χ1) is 18.9. The Morgan fingerprint density at radius 2 is 1.63 bits per heavy atom. The van der Waals surface area contributed by atoms with Gasteiger partial charge in [-0.3, -0.25) is 4.98 Å². The highest BCUT2D eigenvalue weighted by molar-refractivity contribution is 6.74. The summed E-state index contributed by atoms with van der Waals surface area (Å²) in [7, 11) is -2.05. The quantitative estimate of drug-likeness (QED) is 0.335. The van der Waals surface area contributed by atoms with Crippen LogP contribution in [0.1, 0.15) is 152 Å². The number of nitrogens with zero attached hydrogens (tertiary/aromatic N) is 2. The van der Waals surface area contributed by atoms with Crippen LogP contribution in [0.25, 0.3) is 0 Å². The average molecular weight is 573 g/mol. The molecule has 1 spiro atoms. The zero-order chi connectivity index (χ0) is 30.2. The lowest BCUT2D eigenvalue weighted by Gasteiger charge is -2.45. The van der Waals surface area contributed by atoms with E-state index in [1.165, 1.54) is 40.9 Å². The standard InChI is InChI=1S/C36H52N2O2Si/c1-23(2)31-29-30(28-26(38-31)20-34(6,7)21-27(28)40-41(10,11)33(3,4)5)36(18-12-13-19-36)39-32(29)24-14-16-25(17-15-24)35(8,9)22-37/h14-17,23,27,32H,12-13,18-21H2,1-11H3/t27?,32-/m0/s1. The van der Waals surface area contributed by atoms with E-state index >= 15 is 0 Å². The molecule has 3 aliphatic rings. The Morgan fingerprint density at radius 3 is 2.17 bits per heavy atom. The van der Waals surface area contributed by atoms with E-state index in [2.05, 4.69) is 91.9 Å². The van der Waals surface area contributed by atoms with Crippen molar-refractivity contribution >= 4 is 8.32 Å². The van der Waals surface area contributed by atoms with Crippen LogP contribution >= 0.6 is 0 Å². The molecule has 0 amide bonds. The lowest BCUT2D eigenvalue weighted by atomic mass is 9.70. The zero-order valence-corrected chi connectivity index (χ0v) is 28.5. The number of hydrogen-bond acceptors (Lipinski definition) is 4. The highest BCUT2D eigenvalue weighted by Crippen LogP contribution is 2.60.